The third-order valence-electron chi connectivity index (χ3n) is 5.87. The molecule has 3 N–H and O–H groups in total. The molecule has 5 heteroatoms. The zero-order chi connectivity index (χ0) is 18.7. The smallest absolute Gasteiger partial charge is 0.330 e. The molecule has 1 fully saturated rings. The third kappa shape index (κ3) is 4.26. The number of carbonyl (C=O) groups is 2. The number of benzene rings is 1. The zero-order valence-electron chi connectivity index (χ0n) is 15.8. The lowest BCUT2D eigenvalue weighted by atomic mass is 9.68. The van der Waals surface area contributed by atoms with Gasteiger partial charge in [-0.15, -0.1) is 0 Å². The molecule has 2 aliphatic rings. The number of rotatable bonds is 5. The predicted molar refractivity (Wildman–Crippen MR) is 101 cm³/mol. The summed E-state index contributed by atoms with van der Waals surface area (Å²) in [4.78, 5) is 23.9. The Bertz CT molecular complexity index is 671. The number of carbonyl (C=O) groups excluding carboxylic acids is 2. The molecule has 2 aliphatic carbocycles. The van der Waals surface area contributed by atoms with Gasteiger partial charge in [-0.3, -0.25) is 4.79 Å². The van der Waals surface area contributed by atoms with E-state index < -0.39 is 12.0 Å². The highest BCUT2D eigenvalue weighted by Crippen LogP contribution is 2.45. The van der Waals surface area contributed by atoms with Crippen LogP contribution in [0.25, 0.3) is 0 Å². The second-order valence-electron chi connectivity index (χ2n) is 8.01. The van der Waals surface area contributed by atoms with E-state index in [0.717, 1.165) is 12.3 Å². The van der Waals surface area contributed by atoms with Crippen molar-refractivity contribution in [2.45, 2.75) is 64.3 Å². The Morgan fingerprint density at radius 2 is 2.00 bits per heavy atom. The first-order chi connectivity index (χ1) is 12.5. The largest absolute Gasteiger partial charge is 0.425 e. The molecule has 0 aromatic heterocycles. The second-order valence-corrected chi connectivity index (χ2v) is 8.01. The molecule has 0 saturated heterocycles. The summed E-state index contributed by atoms with van der Waals surface area (Å²) in [6.07, 6.45) is 7.57. The van der Waals surface area contributed by atoms with Crippen LogP contribution in [0.2, 0.25) is 0 Å². The fourth-order valence-electron chi connectivity index (χ4n) is 4.26. The number of nitrogens with two attached hydrogens (primary N) is 1. The number of amides is 1. The van der Waals surface area contributed by atoms with E-state index in [2.05, 4.69) is 11.4 Å². The highest BCUT2D eigenvalue weighted by Gasteiger charge is 2.31. The van der Waals surface area contributed by atoms with Crippen molar-refractivity contribution in [2.24, 2.45) is 17.6 Å². The Hall–Kier alpha value is -1.88. The molecule has 5 nitrogen and oxygen atoms in total. The molecule has 142 valence electrons. The Kier molecular flexibility index (Phi) is 5.97. The van der Waals surface area contributed by atoms with E-state index in [9.17, 15) is 9.59 Å². The molecule has 0 spiro atoms. The maximum atomic E-state index is 12.1. The lowest BCUT2D eigenvalue weighted by Crippen LogP contribution is -2.46. The Labute approximate surface area is 155 Å². The standard InChI is InChI=1S/C21H30N2O3/c1-13(2)20(22)21(25)23-12-19(24)26-16-10-9-15-8-7-14-5-3-4-6-17(14)18(15)11-16/h9-11,13-14,17,20H,3-8,12,22H2,1-2H3,(H,23,25). The van der Waals surface area contributed by atoms with Crippen molar-refractivity contribution in [1.29, 1.82) is 0 Å². The number of hydrogen-bond acceptors (Lipinski definition) is 4. The van der Waals surface area contributed by atoms with Gasteiger partial charge >= 0.3 is 5.97 Å². The molecule has 0 bridgehead atoms. The fraction of sp³-hybridized carbons (Fsp3) is 0.619. The minimum atomic E-state index is -0.616. The first-order valence-electron chi connectivity index (χ1n) is 9.82. The number of ether oxygens (including phenoxy) is 1. The van der Waals surface area contributed by atoms with Crippen molar-refractivity contribution in [3.8, 4) is 5.75 Å². The molecule has 3 rings (SSSR count). The van der Waals surface area contributed by atoms with Gasteiger partial charge in [0.05, 0.1) is 6.04 Å². The number of aryl methyl sites for hydroxylation is 1. The molecule has 1 aromatic rings. The normalized spacial score (nSPS) is 22.9. The molecule has 0 heterocycles. The molecule has 3 unspecified atom stereocenters. The number of esters is 1. The van der Waals surface area contributed by atoms with Crippen LogP contribution >= 0.6 is 0 Å². The summed E-state index contributed by atoms with van der Waals surface area (Å²) in [6.45, 7) is 3.57. The van der Waals surface area contributed by atoms with E-state index in [4.69, 9.17) is 10.5 Å². The minimum Gasteiger partial charge on any atom is -0.425 e. The van der Waals surface area contributed by atoms with Gasteiger partial charge < -0.3 is 15.8 Å². The SMILES string of the molecule is CC(C)C(N)C(=O)NCC(=O)Oc1ccc2c(c1)C1CCCCC1CC2. The number of fused-ring (bicyclic) bond motifs is 3. The van der Waals surface area contributed by atoms with Crippen LogP contribution in [0.1, 0.15) is 63.0 Å². The van der Waals surface area contributed by atoms with Crippen molar-refractivity contribution < 1.29 is 14.3 Å². The quantitative estimate of drug-likeness (QED) is 0.626. The maximum absolute atomic E-state index is 12.1. The summed E-state index contributed by atoms with van der Waals surface area (Å²) < 4.78 is 5.46. The van der Waals surface area contributed by atoms with Gasteiger partial charge in [0.1, 0.15) is 12.3 Å². The van der Waals surface area contributed by atoms with E-state index in [0.29, 0.717) is 11.7 Å². The maximum Gasteiger partial charge on any atom is 0.330 e. The minimum absolute atomic E-state index is 0.0232. The van der Waals surface area contributed by atoms with Gasteiger partial charge in [0.15, 0.2) is 0 Å². The van der Waals surface area contributed by atoms with Gasteiger partial charge in [0, 0.05) is 0 Å². The van der Waals surface area contributed by atoms with Crippen LogP contribution in [0.3, 0.4) is 0 Å². The summed E-state index contributed by atoms with van der Waals surface area (Å²) in [5, 5.41) is 2.55. The van der Waals surface area contributed by atoms with Gasteiger partial charge in [-0.25, -0.2) is 4.79 Å². The molecule has 0 radical (unpaired) electrons. The predicted octanol–water partition coefficient (Wildman–Crippen LogP) is 2.91. The lowest BCUT2D eigenvalue weighted by Gasteiger charge is -2.37. The molecular weight excluding hydrogens is 328 g/mol. The fourth-order valence-corrected chi connectivity index (χ4v) is 4.26. The molecule has 26 heavy (non-hydrogen) atoms. The molecular formula is C21H30N2O3. The summed E-state index contributed by atoms with van der Waals surface area (Å²) in [6, 6.07) is 5.38. The third-order valence-corrected chi connectivity index (χ3v) is 5.87. The van der Waals surface area contributed by atoms with Crippen LogP contribution in [0, 0.1) is 11.8 Å². The van der Waals surface area contributed by atoms with Crippen LogP contribution in [0.5, 0.6) is 5.75 Å². The average Bonchev–Trinajstić information content (AvgIpc) is 2.65. The summed E-state index contributed by atoms with van der Waals surface area (Å²) in [5.41, 5.74) is 8.52. The summed E-state index contributed by atoms with van der Waals surface area (Å²) in [7, 11) is 0. The Morgan fingerprint density at radius 3 is 2.77 bits per heavy atom. The zero-order valence-corrected chi connectivity index (χ0v) is 15.8. The molecule has 0 aliphatic heterocycles. The molecule has 1 aromatic carbocycles. The monoisotopic (exact) mass is 358 g/mol. The van der Waals surface area contributed by atoms with Crippen LogP contribution in [0.15, 0.2) is 18.2 Å². The van der Waals surface area contributed by atoms with Crippen molar-refractivity contribution >= 4 is 11.9 Å². The number of nitrogens with one attached hydrogen (secondary N) is 1. The molecule has 3 atom stereocenters. The van der Waals surface area contributed by atoms with Crippen molar-refractivity contribution in [1.82, 2.24) is 5.32 Å². The van der Waals surface area contributed by atoms with Crippen molar-refractivity contribution in [2.75, 3.05) is 6.54 Å². The van der Waals surface area contributed by atoms with Gasteiger partial charge in [0.2, 0.25) is 5.91 Å². The topological polar surface area (TPSA) is 81.4 Å². The van der Waals surface area contributed by atoms with Crippen LogP contribution in [-0.4, -0.2) is 24.5 Å². The average molecular weight is 358 g/mol. The number of hydrogen-bond donors (Lipinski definition) is 2. The van der Waals surface area contributed by atoms with Gasteiger partial charge in [-0.2, -0.15) is 0 Å². The van der Waals surface area contributed by atoms with Crippen LogP contribution in [0.4, 0.5) is 0 Å². The lowest BCUT2D eigenvalue weighted by molar-refractivity contribution is -0.136. The van der Waals surface area contributed by atoms with E-state index >= 15 is 0 Å². The van der Waals surface area contributed by atoms with E-state index in [1.54, 1.807) is 0 Å². The molecule has 1 amide bonds. The highest BCUT2D eigenvalue weighted by molar-refractivity contribution is 5.86. The first kappa shape index (κ1) is 18.9. The summed E-state index contributed by atoms with van der Waals surface area (Å²) >= 11 is 0. The first-order valence-corrected chi connectivity index (χ1v) is 9.82. The van der Waals surface area contributed by atoms with Gasteiger partial charge in [-0.1, -0.05) is 32.8 Å². The second kappa shape index (κ2) is 8.21. The van der Waals surface area contributed by atoms with Gasteiger partial charge in [-0.05, 0) is 66.7 Å². The Morgan fingerprint density at radius 1 is 1.23 bits per heavy atom. The molecule has 1 saturated carbocycles. The van der Waals surface area contributed by atoms with Crippen molar-refractivity contribution in [3.05, 3.63) is 29.3 Å². The van der Waals surface area contributed by atoms with Gasteiger partial charge in [0.25, 0.3) is 0 Å². The highest BCUT2D eigenvalue weighted by atomic mass is 16.5. The van der Waals surface area contributed by atoms with Crippen LogP contribution < -0.4 is 15.8 Å². The summed E-state index contributed by atoms with van der Waals surface area (Å²) in [5.74, 6) is 1.18. The van der Waals surface area contributed by atoms with E-state index in [-0.39, 0.29) is 18.4 Å². The van der Waals surface area contributed by atoms with Crippen LogP contribution in [-0.2, 0) is 16.0 Å². The van der Waals surface area contributed by atoms with E-state index in [1.165, 1.54) is 43.2 Å². The Balaban J connectivity index is 1.60. The van der Waals surface area contributed by atoms with Crippen molar-refractivity contribution in [3.63, 3.8) is 0 Å². The van der Waals surface area contributed by atoms with E-state index in [1.807, 2.05) is 26.0 Å².